The number of ether oxygens (including phenoxy) is 1. The van der Waals surface area contributed by atoms with Crippen molar-refractivity contribution in [3.05, 3.63) is 23.8 Å². The molecule has 21 heavy (non-hydrogen) atoms. The summed E-state index contributed by atoms with van der Waals surface area (Å²) < 4.78 is 5.51. The number of esters is 1. The normalized spacial score (nSPS) is 13.0. The number of phenols is 1. The van der Waals surface area contributed by atoms with Crippen LogP contribution in [0.2, 0.25) is 0 Å². The maximum atomic E-state index is 12.2. The Balaban J connectivity index is 2.85. The first-order chi connectivity index (χ1) is 9.79. The van der Waals surface area contributed by atoms with E-state index in [1.807, 2.05) is 27.7 Å². The van der Waals surface area contributed by atoms with Crippen LogP contribution < -0.4 is 4.74 Å². The lowest BCUT2D eigenvalue weighted by molar-refractivity contribution is -0.139. The van der Waals surface area contributed by atoms with Crippen molar-refractivity contribution in [2.75, 3.05) is 0 Å². The highest BCUT2D eigenvalue weighted by Crippen LogP contribution is 2.33. The van der Waals surface area contributed by atoms with Crippen LogP contribution in [0, 0.1) is 5.92 Å². The van der Waals surface area contributed by atoms with Crippen molar-refractivity contribution >= 4 is 5.97 Å². The standard InChI is InChI=1S/C18H28O3/c1-6-8-9-13(7-2)17(20)21-14-10-11-16(19)15(12-14)18(3,4)5/h10-13,19H,6-9H2,1-5H3/t13-/m1/s1. The number of unbranched alkanes of at least 4 members (excludes halogenated alkanes) is 1. The fourth-order valence-corrected chi connectivity index (χ4v) is 2.32. The molecule has 1 rings (SSSR count). The van der Waals surface area contributed by atoms with Crippen LogP contribution in [0.25, 0.3) is 0 Å². The van der Waals surface area contributed by atoms with Gasteiger partial charge in [-0.2, -0.15) is 0 Å². The monoisotopic (exact) mass is 292 g/mol. The zero-order valence-electron chi connectivity index (χ0n) is 13.9. The van der Waals surface area contributed by atoms with Gasteiger partial charge in [-0.3, -0.25) is 4.79 Å². The molecule has 0 bridgehead atoms. The van der Waals surface area contributed by atoms with Crippen LogP contribution in [0.15, 0.2) is 18.2 Å². The molecule has 1 atom stereocenters. The first-order valence-electron chi connectivity index (χ1n) is 7.84. The van der Waals surface area contributed by atoms with E-state index >= 15 is 0 Å². The second-order valence-electron chi connectivity index (χ2n) is 6.60. The van der Waals surface area contributed by atoms with Crippen molar-refractivity contribution in [2.24, 2.45) is 5.92 Å². The number of hydrogen-bond donors (Lipinski definition) is 1. The predicted octanol–water partition coefficient (Wildman–Crippen LogP) is 4.81. The Hall–Kier alpha value is -1.51. The van der Waals surface area contributed by atoms with E-state index < -0.39 is 0 Å². The Morgan fingerprint density at radius 3 is 2.48 bits per heavy atom. The number of rotatable bonds is 6. The number of aromatic hydroxyl groups is 1. The summed E-state index contributed by atoms with van der Waals surface area (Å²) in [6.45, 7) is 10.2. The second kappa shape index (κ2) is 7.48. The third-order valence-electron chi connectivity index (χ3n) is 3.73. The molecule has 0 saturated carbocycles. The fraction of sp³-hybridized carbons (Fsp3) is 0.611. The van der Waals surface area contributed by atoms with Crippen LogP contribution >= 0.6 is 0 Å². The first kappa shape index (κ1) is 17.5. The summed E-state index contributed by atoms with van der Waals surface area (Å²) in [5.41, 5.74) is 0.591. The molecule has 0 spiro atoms. The van der Waals surface area contributed by atoms with Crippen molar-refractivity contribution in [1.29, 1.82) is 0 Å². The predicted molar refractivity (Wildman–Crippen MR) is 85.7 cm³/mol. The molecule has 3 nitrogen and oxygen atoms in total. The van der Waals surface area contributed by atoms with E-state index in [0.717, 1.165) is 31.2 Å². The van der Waals surface area contributed by atoms with Crippen LogP contribution in [0.4, 0.5) is 0 Å². The lowest BCUT2D eigenvalue weighted by Crippen LogP contribution is -2.20. The van der Waals surface area contributed by atoms with Gasteiger partial charge in [-0.15, -0.1) is 0 Å². The SMILES string of the molecule is CCCC[C@@H](CC)C(=O)Oc1ccc(O)c(C(C)(C)C)c1. The van der Waals surface area contributed by atoms with Crippen LogP contribution in [0.1, 0.15) is 65.9 Å². The summed E-state index contributed by atoms with van der Waals surface area (Å²) >= 11 is 0. The van der Waals surface area contributed by atoms with Gasteiger partial charge < -0.3 is 9.84 Å². The average Bonchev–Trinajstić information content (AvgIpc) is 2.40. The molecule has 0 amide bonds. The molecule has 3 heteroatoms. The minimum atomic E-state index is -0.196. The highest BCUT2D eigenvalue weighted by atomic mass is 16.5. The average molecular weight is 292 g/mol. The van der Waals surface area contributed by atoms with Gasteiger partial charge in [-0.05, 0) is 36.5 Å². The lowest BCUT2D eigenvalue weighted by Gasteiger charge is -2.21. The third-order valence-corrected chi connectivity index (χ3v) is 3.73. The highest BCUT2D eigenvalue weighted by Gasteiger charge is 2.21. The van der Waals surface area contributed by atoms with E-state index in [0.29, 0.717) is 5.75 Å². The zero-order chi connectivity index (χ0) is 16.0. The Morgan fingerprint density at radius 1 is 1.29 bits per heavy atom. The van der Waals surface area contributed by atoms with E-state index in [1.54, 1.807) is 18.2 Å². The highest BCUT2D eigenvalue weighted by molar-refractivity contribution is 5.75. The van der Waals surface area contributed by atoms with Crippen LogP contribution in [-0.2, 0) is 10.2 Å². The Kier molecular flexibility index (Phi) is 6.25. The minimum Gasteiger partial charge on any atom is -0.508 e. The Morgan fingerprint density at radius 2 is 1.95 bits per heavy atom. The van der Waals surface area contributed by atoms with Gasteiger partial charge in [0.1, 0.15) is 11.5 Å². The molecular weight excluding hydrogens is 264 g/mol. The minimum absolute atomic E-state index is 0.0446. The summed E-state index contributed by atoms with van der Waals surface area (Å²) in [7, 11) is 0. The Labute approximate surface area is 128 Å². The quantitative estimate of drug-likeness (QED) is 0.604. The summed E-state index contributed by atoms with van der Waals surface area (Å²) in [5.74, 6) is 0.534. The molecule has 0 saturated heterocycles. The zero-order valence-corrected chi connectivity index (χ0v) is 13.9. The second-order valence-corrected chi connectivity index (χ2v) is 6.60. The van der Waals surface area contributed by atoms with Crippen LogP contribution in [0.3, 0.4) is 0 Å². The first-order valence-corrected chi connectivity index (χ1v) is 7.84. The van der Waals surface area contributed by atoms with Gasteiger partial charge in [0.2, 0.25) is 0 Å². The third kappa shape index (κ3) is 5.07. The molecule has 1 aromatic rings. The molecule has 1 N–H and O–H groups in total. The van der Waals surface area contributed by atoms with Gasteiger partial charge in [0.15, 0.2) is 0 Å². The molecule has 0 aliphatic rings. The van der Waals surface area contributed by atoms with E-state index in [4.69, 9.17) is 4.74 Å². The van der Waals surface area contributed by atoms with Crippen molar-refractivity contribution in [1.82, 2.24) is 0 Å². The molecule has 0 unspecified atom stereocenters. The molecule has 0 heterocycles. The summed E-state index contributed by atoms with van der Waals surface area (Å²) in [6.07, 6.45) is 3.78. The number of phenolic OH excluding ortho intramolecular Hbond substituents is 1. The fourth-order valence-electron chi connectivity index (χ4n) is 2.32. The number of carbonyl (C=O) groups excluding carboxylic acids is 1. The van der Waals surface area contributed by atoms with Gasteiger partial charge in [0, 0.05) is 5.56 Å². The topological polar surface area (TPSA) is 46.5 Å². The van der Waals surface area contributed by atoms with Crippen molar-refractivity contribution in [3.63, 3.8) is 0 Å². The largest absolute Gasteiger partial charge is 0.508 e. The van der Waals surface area contributed by atoms with E-state index in [1.165, 1.54) is 0 Å². The summed E-state index contributed by atoms with van der Waals surface area (Å²) in [6, 6.07) is 5.00. The van der Waals surface area contributed by atoms with E-state index in [2.05, 4.69) is 6.92 Å². The molecular formula is C18H28O3. The number of benzene rings is 1. The van der Waals surface area contributed by atoms with Gasteiger partial charge in [-0.25, -0.2) is 0 Å². The number of carbonyl (C=O) groups is 1. The van der Waals surface area contributed by atoms with Crippen LogP contribution in [-0.4, -0.2) is 11.1 Å². The molecule has 0 radical (unpaired) electrons. The maximum Gasteiger partial charge on any atom is 0.314 e. The van der Waals surface area contributed by atoms with Gasteiger partial charge in [-0.1, -0.05) is 47.5 Å². The molecule has 0 aliphatic carbocycles. The van der Waals surface area contributed by atoms with E-state index in [-0.39, 0.29) is 23.1 Å². The Bertz CT molecular complexity index is 472. The van der Waals surface area contributed by atoms with Crippen molar-refractivity contribution in [3.8, 4) is 11.5 Å². The van der Waals surface area contributed by atoms with Crippen molar-refractivity contribution in [2.45, 2.75) is 65.7 Å². The summed E-state index contributed by atoms with van der Waals surface area (Å²) in [5, 5.41) is 9.94. The molecule has 118 valence electrons. The van der Waals surface area contributed by atoms with Gasteiger partial charge >= 0.3 is 5.97 Å². The molecule has 0 aliphatic heterocycles. The van der Waals surface area contributed by atoms with Gasteiger partial charge in [0.05, 0.1) is 5.92 Å². The van der Waals surface area contributed by atoms with Crippen molar-refractivity contribution < 1.29 is 14.6 Å². The van der Waals surface area contributed by atoms with Gasteiger partial charge in [0.25, 0.3) is 0 Å². The molecule has 0 aromatic heterocycles. The molecule has 1 aromatic carbocycles. The summed E-state index contributed by atoms with van der Waals surface area (Å²) in [4.78, 5) is 12.2. The maximum absolute atomic E-state index is 12.2. The lowest BCUT2D eigenvalue weighted by atomic mass is 9.86. The van der Waals surface area contributed by atoms with Crippen LogP contribution in [0.5, 0.6) is 11.5 Å². The smallest absolute Gasteiger partial charge is 0.314 e. The number of hydrogen-bond acceptors (Lipinski definition) is 3. The van der Waals surface area contributed by atoms with E-state index in [9.17, 15) is 9.90 Å². The molecule has 0 fully saturated rings.